The van der Waals surface area contributed by atoms with E-state index in [1.807, 2.05) is 24.3 Å². The van der Waals surface area contributed by atoms with Gasteiger partial charge in [0.25, 0.3) is 0 Å². The van der Waals surface area contributed by atoms with Gasteiger partial charge >= 0.3 is 0 Å². The van der Waals surface area contributed by atoms with Crippen LogP contribution in [0.4, 0.5) is 0 Å². The van der Waals surface area contributed by atoms with Crippen LogP contribution in [0.2, 0.25) is 0 Å². The van der Waals surface area contributed by atoms with Gasteiger partial charge in [0.05, 0.1) is 16.5 Å². The van der Waals surface area contributed by atoms with Crippen LogP contribution in [-0.2, 0) is 6.54 Å². The lowest BCUT2D eigenvalue weighted by atomic mass is 10.2. The summed E-state index contributed by atoms with van der Waals surface area (Å²) in [4.78, 5) is 8.18. The summed E-state index contributed by atoms with van der Waals surface area (Å²) >= 11 is 3.50. The van der Waals surface area contributed by atoms with Crippen LogP contribution in [0.1, 0.15) is 0 Å². The minimum atomic E-state index is 0.535. The molecule has 0 unspecified atom stereocenters. The molecule has 0 saturated heterocycles. The number of halogens is 1. The normalized spacial score (nSPS) is 10.8. The maximum Gasteiger partial charge on any atom is 0.137 e. The standard InChI is InChI=1S/C13H11BrN4O/c14-11-7-12-10(2-1-3-16-12)6-13(11)19-5-4-18-9-15-8-17-18/h1-3,6-9H,4-5H2. The first-order valence-electron chi connectivity index (χ1n) is 5.82. The molecule has 0 atom stereocenters. The predicted molar refractivity (Wildman–Crippen MR) is 75.0 cm³/mol. The van der Waals surface area contributed by atoms with E-state index in [9.17, 15) is 0 Å². The highest BCUT2D eigenvalue weighted by Crippen LogP contribution is 2.29. The molecule has 0 fully saturated rings. The van der Waals surface area contributed by atoms with Crippen LogP contribution in [0.25, 0.3) is 10.9 Å². The molecular weight excluding hydrogens is 308 g/mol. The van der Waals surface area contributed by atoms with Crippen molar-refractivity contribution in [2.75, 3.05) is 6.61 Å². The van der Waals surface area contributed by atoms with Crippen molar-refractivity contribution in [1.29, 1.82) is 0 Å². The SMILES string of the molecule is Brc1cc2ncccc2cc1OCCn1cncn1. The van der Waals surface area contributed by atoms with Gasteiger partial charge in [-0.3, -0.25) is 4.98 Å². The van der Waals surface area contributed by atoms with Gasteiger partial charge in [-0.05, 0) is 34.1 Å². The summed E-state index contributed by atoms with van der Waals surface area (Å²) in [6, 6.07) is 7.86. The van der Waals surface area contributed by atoms with E-state index in [4.69, 9.17) is 4.74 Å². The van der Waals surface area contributed by atoms with Gasteiger partial charge in [0.2, 0.25) is 0 Å². The van der Waals surface area contributed by atoms with Crippen LogP contribution < -0.4 is 4.74 Å². The lowest BCUT2D eigenvalue weighted by Gasteiger charge is -2.09. The largest absolute Gasteiger partial charge is 0.490 e. The van der Waals surface area contributed by atoms with E-state index in [1.54, 1.807) is 17.2 Å². The van der Waals surface area contributed by atoms with Crippen molar-refractivity contribution in [3.63, 3.8) is 0 Å². The lowest BCUT2D eigenvalue weighted by molar-refractivity contribution is 0.290. The van der Waals surface area contributed by atoms with Crippen molar-refractivity contribution in [1.82, 2.24) is 19.7 Å². The van der Waals surface area contributed by atoms with Crippen molar-refractivity contribution >= 4 is 26.8 Å². The van der Waals surface area contributed by atoms with Gasteiger partial charge in [0, 0.05) is 11.6 Å². The van der Waals surface area contributed by atoms with Crippen molar-refractivity contribution in [3.8, 4) is 5.75 Å². The van der Waals surface area contributed by atoms with E-state index in [2.05, 4.69) is 31.0 Å². The van der Waals surface area contributed by atoms with Crippen LogP contribution in [0.3, 0.4) is 0 Å². The molecule has 96 valence electrons. The summed E-state index contributed by atoms with van der Waals surface area (Å²) < 4.78 is 8.39. The first-order chi connectivity index (χ1) is 9.33. The molecule has 1 aromatic carbocycles. The Labute approximate surface area is 118 Å². The molecule has 0 radical (unpaired) electrons. The van der Waals surface area contributed by atoms with Crippen molar-refractivity contribution in [3.05, 3.63) is 47.6 Å². The molecule has 0 aliphatic heterocycles. The summed E-state index contributed by atoms with van der Waals surface area (Å²) in [5.74, 6) is 0.806. The van der Waals surface area contributed by atoms with Crippen molar-refractivity contribution < 1.29 is 4.74 Å². The zero-order valence-electron chi connectivity index (χ0n) is 10.0. The van der Waals surface area contributed by atoms with Crippen LogP contribution in [0.5, 0.6) is 5.75 Å². The molecule has 0 bridgehead atoms. The van der Waals surface area contributed by atoms with E-state index < -0.39 is 0 Å². The fraction of sp³-hybridized carbons (Fsp3) is 0.154. The second-order valence-electron chi connectivity index (χ2n) is 3.99. The highest BCUT2D eigenvalue weighted by Gasteiger charge is 2.04. The molecule has 0 amide bonds. The van der Waals surface area contributed by atoms with Crippen LogP contribution >= 0.6 is 15.9 Å². The molecule has 0 N–H and O–H groups in total. The average Bonchev–Trinajstić information content (AvgIpc) is 2.92. The third-order valence-electron chi connectivity index (χ3n) is 2.70. The molecule has 0 spiro atoms. The number of fused-ring (bicyclic) bond motifs is 1. The lowest BCUT2D eigenvalue weighted by Crippen LogP contribution is -2.08. The first-order valence-corrected chi connectivity index (χ1v) is 6.62. The summed E-state index contributed by atoms with van der Waals surface area (Å²) in [7, 11) is 0. The molecule has 19 heavy (non-hydrogen) atoms. The van der Waals surface area contributed by atoms with E-state index in [0.29, 0.717) is 13.2 Å². The number of ether oxygens (including phenoxy) is 1. The quantitative estimate of drug-likeness (QED) is 0.742. The van der Waals surface area contributed by atoms with Gasteiger partial charge in [0.15, 0.2) is 0 Å². The number of hydrogen-bond acceptors (Lipinski definition) is 4. The van der Waals surface area contributed by atoms with Gasteiger partial charge in [-0.2, -0.15) is 5.10 Å². The maximum atomic E-state index is 5.75. The number of pyridine rings is 1. The molecule has 0 saturated carbocycles. The Morgan fingerprint density at radius 1 is 1.32 bits per heavy atom. The molecule has 0 aliphatic rings. The molecule has 6 heteroatoms. The summed E-state index contributed by atoms with van der Waals surface area (Å²) in [6.45, 7) is 1.20. The Hall–Kier alpha value is -1.95. The van der Waals surface area contributed by atoms with Crippen molar-refractivity contribution in [2.24, 2.45) is 0 Å². The molecule has 0 aliphatic carbocycles. The number of nitrogens with zero attached hydrogens (tertiary/aromatic N) is 4. The van der Waals surface area contributed by atoms with Gasteiger partial charge in [0.1, 0.15) is 25.0 Å². The van der Waals surface area contributed by atoms with Crippen LogP contribution in [0.15, 0.2) is 47.6 Å². The second kappa shape index (κ2) is 5.36. The fourth-order valence-corrected chi connectivity index (χ4v) is 2.23. The zero-order chi connectivity index (χ0) is 13.1. The smallest absolute Gasteiger partial charge is 0.137 e. The average molecular weight is 319 g/mol. The number of rotatable bonds is 4. The summed E-state index contributed by atoms with van der Waals surface area (Å²) in [5.41, 5.74) is 0.943. The molecule has 2 aromatic heterocycles. The Balaban J connectivity index is 1.75. The molecular formula is C13H11BrN4O. The second-order valence-corrected chi connectivity index (χ2v) is 4.84. The molecule has 2 heterocycles. The van der Waals surface area contributed by atoms with Gasteiger partial charge in [-0.25, -0.2) is 9.67 Å². The highest BCUT2D eigenvalue weighted by molar-refractivity contribution is 9.10. The Morgan fingerprint density at radius 3 is 3.11 bits per heavy atom. The molecule has 3 rings (SSSR count). The zero-order valence-corrected chi connectivity index (χ0v) is 11.6. The van der Waals surface area contributed by atoms with Crippen LogP contribution in [-0.4, -0.2) is 26.4 Å². The minimum Gasteiger partial charge on any atom is -0.490 e. The predicted octanol–water partition coefficient (Wildman–Crippen LogP) is 2.67. The monoisotopic (exact) mass is 318 g/mol. The van der Waals surface area contributed by atoms with E-state index in [-0.39, 0.29) is 0 Å². The molecule has 5 nitrogen and oxygen atoms in total. The molecule has 3 aromatic rings. The first kappa shape index (κ1) is 12.1. The number of aromatic nitrogens is 4. The minimum absolute atomic E-state index is 0.535. The number of benzene rings is 1. The van der Waals surface area contributed by atoms with Gasteiger partial charge in [-0.1, -0.05) is 6.07 Å². The Bertz CT molecular complexity index is 684. The van der Waals surface area contributed by atoms with Gasteiger partial charge < -0.3 is 4.74 Å². The third-order valence-corrected chi connectivity index (χ3v) is 3.32. The fourth-order valence-electron chi connectivity index (χ4n) is 1.78. The van der Waals surface area contributed by atoms with Crippen LogP contribution in [0, 0.1) is 0 Å². The Morgan fingerprint density at radius 2 is 2.26 bits per heavy atom. The van der Waals surface area contributed by atoms with E-state index in [1.165, 1.54) is 6.33 Å². The summed E-state index contributed by atoms with van der Waals surface area (Å²) in [5, 5.41) is 5.08. The topological polar surface area (TPSA) is 52.8 Å². The maximum absolute atomic E-state index is 5.75. The van der Waals surface area contributed by atoms with E-state index >= 15 is 0 Å². The highest BCUT2D eigenvalue weighted by atomic mass is 79.9. The van der Waals surface area contributed by atoms with Gasteiger partial charge in [-0.15, -0.1) is 0 Å². The Kier molecular flexibility index (Phi) is 3.41. The van der Waals surface area contributed by atoms with Crippen molar-refractivity contribution in [2.45, 2.75) is 6.54 Å². The number of hydrogen-bond donors (Lipinski definition) is 0. The summed E-state index contributed by atoms with van der Waals surface area (Å²) in [6.07, 6.45) is 4.96. The van der Waals surface area contributed by atoms with E-state index in [0.717, 1.165) is 21.1 Å². The third kappa shape index (κ3) is 2.73.